The summed E-state index contributed by atoms with van der Waals surface area (Å²) in [6, 6.07) is 0. The Labute approximate surface area is 124 Å². The molecule has 0 saturated carbocycles. The average Bonchev–Trinajstić information content (AvgIpc) is 2.67. The van der Waals surface area contributed by atoms with Gasteiger partial charge < -0.3 is 9.80 Å². The predicted octanol–water partition coefficient (Wildman–Crippen LogP) is 2.14. The van der Waals surface area contributed by atoms with Crippen molar-refractivity contribution in [1.29, 1.82) is 0 Å². The molecule has 0 radical (unpaired) electrons. The van der Waals surface area contributed by atoms with Gasteiger partial charge in [0.05, 0.1) is 0 Å². The quantitative estimate of drug-likeness (QED) is 0.802. The summed E-state index contributed by atoms with van der Waals surface area (Å²) in [6.45, 7) is 6.99. The molecule has 1 aromatic heterocycles. The number of nitrogens with zero attached hydrogens (tertiary/aromatic N) is 4. The molecule has 0 unspecified atom stereocenters. The van der Waals surface area contributed by atoms with Gasteiger partial charge >= 0.3 is 0 Å². The second kappa shape index (κ2) is 6.88. The normalized spacial score (nSPS) is 16.1. The van der Waals surface area contributed by atoms with E-state index in [1.54, 1.807) is 6.92 Å². The summed E-state index contributed by atoms with van der Waals surface area (Å²) >= 11 is 6.20. The van der Waals surface area contributed by atoms with E-state index in [1.807, 2.05) is 4.90 Å². The first kappa shape index (κ1) is 15.0. The van der Waals surface area contributed by atoms with Crippen LogP contribution in [0.4, 0.5) is 5.82 Å². The molecular weight excluding hydrogens is 276 g/mol. The first-order chi connectivity index (χ1) is 9.63. The second-order valence-corrected chi connectivity index (χ2v) is 5.42. The molecule has 1 fully saturated rings. The van der Waals surface area contributed by atoms with Crippen LogP contribution in [0.5, 0.6) is 0 Å². The Morgan fingerprint density at radius 1 is 1.30 bits per heavy atom. The molecule has 0 aliphatic carbocycles. The molecule has 2 rings (SSSR count). The van der Waals surface area contributed by atoms with Gasteiger partial charge in [0.15, 0.2) is 0 Å². The molecule has 0 N–H and O–H groups in total. The fourth-order valence-corrected chi connectivity index (χ4v) is 2.79. The van der Waals surface area contributed by atoms with Crippen molar-refractivity contribution in [3.05, 3.63) is 17.0 Å². The van der Waals surface area contributed by atoms with E-state index in [1.165, 1.54) is 6.33 Å². The lowest BCUT2D eigenvalue weighted by Gasteiger charge is -2.24. The summed E-state index contributed by atoms with van der Waals surface area (Å²) in [5, 5.41) is 0.546. The third-order valence-corrected chi connectivity index (χ3v) is 3.94. The van der Waals surface area contributed by atoms with E-state index in [9.17, 15) is 4.79 Å². The van der Waals surface area contributed by atoms with E-state index in [4.69, 9.17) is 11.6 Å². The molecule has 1 aromatic rings. The fraction of sp³-hybridized carbons (Fsp3) is 0.643. The molecule has 1 saturated heterocycles. The fourth-order valence-electron chi connectivity index (χ4n) is 2.56. The summed E-state index contributed by atoms with van der Waals surface area (Å²) in [7, 11) is 0. The Bertz CT molecular complexity index is 480. The highest BCUT2D eigenvalue weighted by atomic mass is 35.5. The molecule has 0 aromatic carbocycles. The number of halogens is 1. The predicted molar refractivity (Wildman–Crippen MR) is 80.1 cm³/mol. The topological polar surface area (TPSA) is 49.3 Å². The minimum atomic E-state index is 0.140. The lowest BCUT2D eigenvalue weighted by atomic mass is 10.1. The second-order valence-electron chi connectivity index (χ2n) is 5.06. The van der Waals surface area contributed by atoms with Crippen LogP contribution in [0.2, 0.25) is 5.15 Å². The minimum Gasteiger partial charge on any atom is -0.354 e. The van der Waals surface area contributed by atoms with Gasteiger partial charge in [-0.15, -0.1) is 0 Å². The summed E-state index contributed by atoms with van der Waals surface area (Å²) in [5.74, 6) is 1.07. The van der Waals surface area contributed by atoms with Crippen LogP contribution in [0.25, 0.3) is 0 Å². The highest BCUT2D eigenvalue weighted by Gasteiger charge is 2.20. The molecule has 1 aliphatic rings. The lowest BCUT2D eigenvalue weighted by Crippen LogP contribution is -2.34. The Hall–Kier alpha value is -1.36. The van der Waals surface area contributed by atoms with Crippen molar-refractivity contribution >= 4 is 23.3 Å². The van der Waals surface area contributed by atoms with Crippen molar-refractivity contribution in [3.63, 3.8) is 0 Å². The van der Waals surface area contributed by atoms with Crippen LogP contribution in [-0.4, -0.2) is 47.0 Å². The van der Waals surface area contributed by atoms with Crippen molar-refractivity contribution in [1.82, 2.24) is 14.9 Å². The molecule has 0 spiro atoms. The first-order valence-corrected chi connectivity index (χ1v) is 7.51. The Kier molecular flexibility index (Phi) is 5.17. The van der Waals surface area contributed by atoms with E-state index in [-0.39, 0.29) is 5.91 Å². The monoisotopic (exact) mass is 296 g/mol. The van der Waals surface area contributed by atoms with Gasteiger partial charge in [0.2, 0.25) is 5.91 Å². The Morgan fingerprint density at radius 2 is 2.10 bits per heavy atom. The maximum absolute atomic E-state index is 11.5. The van der Waals surface area contributed by atoms with Gasteiger partial charge in [0.1, 0.15) is 17.3 Å². The van der Waals surface area contributed by atoms with Crippen molar-refractivity contribution in [3.8, 4) is 0 Å². The van der Waals surface area contributed by atoms with Crippen LogP contribution in [0.15, 0.2) is 6.33 Å². The summed E-state index contributed by atoms with van der Waals surface area (Å²) in [4.78, 5) is 24.1. The van der Waals surface area contributed by atoms with Crippen LogP contribution in [-0.2, 0) is 11.2 Å². The van der Waals surface area contributed by atoms with Gasteiger partial charge in [-0.05, 0) is 12.8 Å². The van der Waals surface area contributed by atoms with Gasteiger partial charge in [0.25, 0.3) is 0 Å². The van der Waals surface area contributed by atoms with Gasteiger partial charge in [-0.3, -0.25) is 4.79 Å². The maximum atomic E-state index is 11.5. The molecule has 5 nitrogen and oxygen atoms in total. The van der Waals surface area contributed by atoms with Gasteiger partial charge in [-0.1, -0.05) is 24.9 Å². The van der Waals surface area contributed by atoms with E-state index in [0.717, 1.165) is 56.8 Å². The maximum Gasteiger partial charge on any atom is 0.219 e. The van der Waals surface area contributed by atoms with Crippen LogP contribution in [0.1, 0.15) is 32.3 Å². The molecular formula is C14H21ClN4O. The molecule has 20 heavy (non-hydrogen) atoms. The molecule has 1 amide bonds. The zero-order chi connectivity index (χ0) is 14.5. The van der Waals surface area contributed by atoms with Gasteiger partial charge in [-0.25, -0.2) is 9.97 Å². The van der Waals surface area contributed by atoms with Crippen molar-refractivity contribution in [2.24, 2.45) is 0 Å². The largest absolute Gasteiger partial charge is 0.354 e. The van der Waals surface area contributed by atoms with Crippen molar-refractivity contribution in [2.45, 2.75) is 33.1 Å². The zero-order valence-corrected chi connectivity index (χ0v) is 12.9. The number of rotatable bonds is 3. The molecule has 0 atom stereocenters. The Morgan fingerprint density at radius 3 is 2.80 bits per heavy atom. The zero-order valence-electron chi connectivity index (χ0n) is 12.1. The molecule has 1 aliphatic heterocycles. The summed E-state index contributed by atoms with van der Waals surface area (Å²) < 4.78 is 0. The standard InChI is InChI=1S/C14H21ClN4O/c1-3-5-12-13(15)16-10-17-14(12)19-7-4-6-18(8-9-19)11(2)20/h10H,3-9H2,1-2H3. The Balaban J connectivity index is 2.19. The third-order valence-electron chi connectivity index (χ3n) is 3.61. The van der Waals surface area contributed by atoms with Crippen LogP contribution >= 0.6 is 11.6 Å². The van der Waals surface area contributed by atoms with E-state index < -0.39 is 0 Å². The molecule has 110 valence electrons. The summed E-state index contributed by atoms with van der Waals surface area (Å²) in [6.07, 6.45) is 4.35. The SMILES string of the molecule is CCCc1c(Cl)ncnc1N1CCCN(C(C)=O)CC1. The summed E-state index contributed by atoms with van der Waals surface area (Å²) in [5.41, 5.74) is 1.02. The number of hydrogen-bond donors (Lipinski definition) is 0. The van der Waals surface area contributed by atoms with Crippen molar-refractivity contribution in [2.75, 3.05) is 31.1 Å². The first-order valence-electron chi connectivity index (χ1n) is 7.13. The van der Waals surface area contributed by atoms with E-state index in [0.29, 0.717) is 5.15 Å². The number of amides is 1. The van der Waals surface area contributed by atoms with Crippen LogP contribution in [0.3, 0.4) is 0 Å². The smallest absolute Gasteiger partial charge is 0.219 e. The van der Waals surface area contributed by atoms with E-state index >= 15 is 0 Å². The highest BCUT2D eigenvalue weighted by Crippen LogP contribution is 2.25. The van der Waals surface area contributed by atoms with Crippen LogP contribution in [0, 0.1) is 0 Å². The lowest BCUT2D eigenvalue weighted by molar-refractivity contribution is -0.128. The minimum absolute atomic E-state index is 0.140. The third kappa shape index (κ3) is 3.39. The number of anilines is 1. The van der Waals surface area contributed by atoms with Gasteiger partial charge in [0, 0.05) is 38.7 Å². The van der Waals surface area contributed by atoms with Gasteiger partial charge in [-0.2, -0.15) is 0 Å². The highest BCUT2D eigenvalue weighted by molar-refractivity contribution is 6.30. The molecule has 2 heterocycles. The van der Waals surface area contributed by atoms with E-state index in [2.05, 4.69) is 21.8 Å². The number of hydrogen-bond acceptors (Lipinski definition) is 4. The average molecular weight is 297 g/mol. The molecule has 6 heteroatoms. The van der Waals surface area contributed by atoms with Crippen LogP contribution < -0.4 is 4.90 Å². The van der Waals surface area contributed by atoms with Crippen molar-refractivity contribution < 1.29 is 4.79 Å². The number of aromatic nitrogens is 2. The number of carbonyl (C=O) groups is 1. The molecule has 0 bridgehead atoms. The number of carbonyl (C=O) groups excluding carboxylic acids is 1.